The van der Waals surface area contributed by atoms with Gasteiger partial charge in [0, 0.05) is 26.2 Å². The van der Waals surface area contributed by atoms with Crippen LogP contribution in [0.25, 0.3) is 0 Å². The van der Waals surface area contributed by atoms with Crippen molar-refractivity contribution in [2.24, 2.45) is 8.80 Å². The molecule has 0 unspecified atom stereocenters. The van der Waals surface area contributed by atoms with Crippen LogP contribution in [0.3, 0.4) is 0 Å². The summed E-state index contributed by atoms with van der Waals surface area (Å²) in [7, 11) is 0. The molecule has 2 saturated heterocycles. The molecule has 0 aromatic carbocycles. The first-order valence-corrected chi connectivity index (χ1v) is 8.11. The fourth-order valence-corrected chi connectivity index (χ4v) is 3.24. The number of nitriles is 2. The van der Waals surface area contributed by atoms with E-state index in [0.717, 1.165) is 12.1 Å². The van der Waals surface area contributed by atoms with Crippen molar-refractivity contribution in [2.45, 2.75) is 0 Å². The van der Waals surface area contributed by atoms with Crippen LogP contribution in [-0.2, 0) is 9.47 Å². The van der Waals surface area contributed by atoms with Gasteiger partial charge in [0.2, 0.25) is 0 Å². The molecule has 0 saturated carbocycles. The van der Waals surface area contributed by atoms with Crippen molar-refractivity contribution in [3.63, 3.8) is 0 Å². The molecule has 0 amide bonds. The lowest BCUT2D eigenvalue weighted by Gasteiger charge is -2.36. The Morgan fingerprint density at radius 1 is 0.870 bits per heavy atom. The van der Waals surface area contributed by atoms with Crippen molar-refractivity contribution in [1.29, 1.82) is 10.5 Å². The highest BCUT2D eigenvalue weighted by Gasteiger charge is 2.32. The zero-order chi connectivity index (χ0) is 16.1. The number of rotatable bonds is 0. The lowest BCUT2D eigenvalue weighted by atomic mass is 10.1. The minimum Gasteiger partial charge on any atom is -0.378 e. The maximum atomic E-state index is 9.38. The molecular formula is C14H16N6O2S. The van der Waals surface area contributed by atoms with Crippen LogP contribution in [-0.4, -0.2) is 74.1 Å². The number of morpholine rings is 2. The number of amidine groups is 2. The number of hydrogen-bond donors (Lipinski definition) is 0. The Kier molecular flexibility index (Phi) is 5.13. The van der Waals surface area contributed by atoms with Crippen LogP contribution >= 0.6 is 12.1 Å². The molecule has 0 aliphatic carbocycles. The second-order valence-corrected chi connectivity index (χ2v) is 5.61. The van der Waals surface area contributed by atoms with Crippen molar-refractivity contribution in [3.05, 3.63) is 11.1 Å². The number of allylic oxidation sites excluding steroid dienone is 1. The van der Waals surface area contributed by atoms with E-state index in [2.05, 4.69) is 18.6 Å². The molecule has 0 aromatic rings. The van der Waals surface area contributed by atoms with Gasteiger partial charge in [0.1, 0.15) is 29.8 Å². The van der Waals surface area contributed by atoms with Crippen molar-refractivity contribution in [2.75, 3.05) is 52.6 Å². The quantitative estimate of drug-likeness (QED) is 0.467. The molecule has 8 nitrogen and oxygen atoms in total. The molecule has 3 aliphatic rings. The fourth-order valence-electron chi connectivity index (χ4n) is 2.63. The molecule has 0 bridgehead atoms. The molecule has 0 radical (unpaired) electrons. The highest BCUT2D eigenvalue weighted by atomic mass is 32.2. The first kappa shape index (κ1) is 15.8. The summed E-state index contributed by atoms with van der Waals surface area (Å²) in [6.45, 7) is 5.16. The second-order valence-electron chi connectivity index (χ2n) is 5.08. The van der Waals surface area contributed by atoms with Crippen LogP contribution in [0, 0.1) is 22.7 Å². The largest absolute Gasteiger partial charge is 0.378 e. The van der Waals surface area contributed by atoms with Gasteiger partial charge < -0.3 is 19.3 Å². The molecule has 3 heterocycles. The minimum absolute atomic E-state index is 0.0424. The van der Waals surface area contributed by atoms with Crippen LogP contribution in [0.15, 0.2) is 19.9 Å². The first-order chi connectivity index (χ1) is 11.3. The summed E-state index contributed by atoms with van der Waals surface area (Å²) in [5.41, 5.74) is 0.568. The molecule has 120 valence electrons. The molecule has 23 heavy (non-hydrogen) atoms. The summed E-state index contributed by atoms with van der Waals surface area (Å²) >= 11 is 1.10. The van der Waals surface area contributed by atoms with E-state index in [4.69, 9.17) is 9.47 Å². The third-order valence-electron chi connectivity index (χ3n) is 3.80. The number of ether oxygens (including phenoxy) is 2. The van der Waals surface area contributed by atoms with Gasteiger partial charge in [-0.25, -0.2) is 0 Å². The maximum absolute atomic E-state index is 9.38. The third-order valence-corrected chi connectivity index (χ3v) is 4.31. The molecule has 0 spiro atoms. The number of nitrogens with zero attached hydrogens (tertiary/aromatic N) is 6. The third kappa shape index (κ3) is 3.32. The van der Waals surface area contributed by atoms with Crippen molar-refractivity contribution in [1.82, 2.24) is 9.80 Å². The van der Waals surface area contributed by atoms with E-state index in [1.807, 2.05) is 12.1 Å². The molecule has 0 atom stereocenters. The lowest BCUT2D eigenvalue weighted by molar-refractivity contribution is 0.0666. The smallest absolute Gasteiger partial charge is 0.152 e. The second kappa shape index (κ2) is 7.47. The SMILES string of the molecule is N#CC(C#N)=C1C(N2CCOCC2)=NSN=C1N1CCOCC1. The molecule has 9 heteroatoms. The summed E-state index contributed by atoms with van der Waals surface area (Å²) in [6.07, 6.45) is 0. The Labute approximate surface area is 138 Å². The predicted molar refractivity (Wildman–Crippen MR) is 85.5 cm³/mol. The lowest BCUT2D eigenvalue weighted by Crippen LogP contribution is -2.48. The van der Waals surface area contributed by atoms with E-state index in [0.29, 0.717) is 69.9 Å². The Balaban J connectivity index is 1.97. The van der Waals surface area contributed by atoms with Gasteiger partial charge in [0.25, 0.3) is 0 Å². The maximum Gasteiger partial charge on any atom is 0.152 e. The summed E-state index contributed by atoms with van der Waals surface area (Å²) < 4.78 is 19.5. The van der Waals surface area contributed by atoms with E-state index in [1.54, 1.807) is 0 Å². The highest BCUT2D eigenvalue weighted by Crippen LogP contribution is 2.26. The first-order valence-electron chi connectivity index (χ1n) is 7.38. The van der Waals surface area contributed by atoms with Gasteiger partial charge in [0.05, 0.1) is 32.0 Å². The Hall–Kier alpha value is -2.07. The van der Waals surface area contributed by atoms with Crippen LogP contribution in [0.2, 0.25) is 0 Å². The van der Waals surface area contributed by atoms with Crippen molar-refractivity contribution < 1.29 is 9.47 Å². The monoisotopic (exact) mass is 332 g/mol. The normalized spacial score (nSPS) is 21.9. The average Bonchev–Trinajstić information content (AvgIpc) is 2.64. The van der Waals surface area contributed by atoms with E-state index in [1.165, 1.54) is 0 Å². The van der Waals surface area contributed by atoms with Gasteiger partial charge in [-0.3, -0.25) is 0 Å². The van der Waals surface area contributed by atoms with Gasteiger partial charge >= 0.3 is 0 Å². The zero-order valence-electron chi connectivity index (χ0n) is 12.6. The molecule has 0 aromatic heterocycles. The van der Waals surface area contributed by atoms with Gasteiger partial charge in [0.15, 0.2) is 11.7 Å². The summed E-state index contributed by atoms with van der Waals surface area (Å²) in [6, 6.07) is 3.98. The molecule has 3 aliphatic heterocycles. The van der Waals surface area contributed by atoms with E-state index < -0.39 is 0 Å². The molecule has 2 fully saturated rings. The van der Waals surface area contributed by atoms with Gasteiger partial charge in [-0.1, -0.05) is 0 Å². The van der Waals surface area contributed by atoms with E-state index in [-0.39, 0.29) is 5.57 Å². The standard InChI is InChI=1S/C14H16N6O2S/c15-9-11(10-16)12-13(19-1-5-21-6-2-19)17-23-18-14(12)20-3-7-22-8-4-20/h1-8H2. The van der Waals surface area contributed by atoms with Crippen LogP contribution in [0.4, 0.5) is 0 Å². The van der Waals surface area contributed by atoms with Gasteiger partial charge in [-0.15, -0.1) is 0 Å². The van der Waals surface area contributed by atoms with Crippen LogP contribution < -0.4 is 0 Å². The fraction of sp³-hybridized carbons (Fsp3) is 0.571. The molecule has 0 N–H and O–H groups in total. The van der Waals surface area contributed by atoms with Crippen molar-refractivity contribution in [3.8, 4) is 12.1 Å². The predicted octanol–water partition coefficient (Wildman–Crippen LogP) is 0.368. The molecular weight excluding hydrogens is 316 g/mol. The minimum atomic E-state index is 0.0424. The highest BCUT2D eigenvalue weighted by molar-refractivity contribution is 7.97. The Morgan fingerprint density at radius 3 is 1.70 bits per heavy atom. The topological polar surface area (TPSA) is 97.2 Å². The number of hydrogen-bond acceptors (Lipinski definition) is 9. The average molecular weight is 332 g/mol. The van der Waals surface area contributed by atoms with E-state index in [9.17, 15) is 10.5 Å². The Morgan fingerprint density at radius 2 is 1.30 bits per heavy atom. The summed E-state index contributed by atoms with van der Waals surface area (Å²) in [5, 5.41) is 18.8. The van der Waals surface area contributed by atoms with Gasteiger partial charge in [-0.05, 0) is 0 Å². The van der Waals surface area contributed by atoms with Crippen LogP contribution in [0.5, 0.6) is 0 Å². The van der Waals surface area contributed by atoms with Crippen molar-refractivity contribution >= 4 is 23.8 Å². The van der Waals surface area contributed by atoms with Gasteiger partial charge in [-0.2, -0.15) is 19.3 Å². The summed E-state index contributed by atoms with van der Waals surface area (Å²) in [4.78, 5) is 4.10. The van der Waals surface area contributed by atoms with E-state index >= 15 is 0 Å². The Bertz CT molecular complexity index is 581. The van der Waals surface area contributed by atoms with Crippen LogP contribution in [0.1, 0.15) is 0 Å². The zero-order valence-corrected chi connectivity index (χ0v) is 13.4. The summed E-state index contributed by atoms with van der Waals surface area (Å²) in [5.74, 6) is 1.29. The molecule has 3 rings (SSSR count).